The maximum atomic E-state index is 3.52. The van der Waals surface area contributed by atoms with E-state index in [0.717, 1.165) is 11.8 Å². The maximum absolute atomic E-state index is 3.52. The van der Waals surface area contributed by atoms with E-state index < -0.39 is 0 Å². The van der Waals surface area contributed by atoms with Gasteiger partial charge in [-0.25, -0.2) is 0 Å². The highest BCUT2D eigenvalue weighted by molar-refractivity contribution is 4.80. The molecule has 1 saturated heterocycles. The summed E-state index contributed by atoms with van der Waals surface area (Å²) in [6.45, 7) is 4.96. The predicted octanol–water partition coefficient (Wildman–Crippen LogP) is 0.938. The van der Waals surface area contributed by atoms with Gasteiger partial charge in [-0.1, -0.05) is 12.8 Å². The van der Waals surface area contributed by atoms with Crippen LogP contribution in [0.4, 0.5) is 0 Å². The van der Waals surface area contributed by atoms with E-state index >= 15 is 0 Å². The lowest BCUT2D eigenvalue weighted by molar-refractivity contribution is 0.294. The van der Waals surface area contributed by atoms with Crippen molar-refractivity contribution in [3.8, 4) is 0 Å². The van der Waals surface area contributed by atoms with E-state index in [-0.39, 0.29) is 0 Å². The van der Waals surface area contributed by atoms with Gasteiger partial charge in [0.05, 0.1) is 0 Å². The number of nitrogens with one attached hydrogen (secondary N) is 1. The molecule has 0 bridgehead atoms. The normalized spacial score (nSPS) is 33.2. The van der Waals surface area contributed by atoms with Crippen molar-refractivity contribution < 1.29 is 0 Å². The second-order valence-corrected chi connectivity index (χ2v) is 4.51. The summed E-state index contributed by atoms with van der Waals surface area (Å²) in [5.41, 5.74) is 0. The molecule has 2 rings (SSSR count). The first-order valence-corrected chi connectivity index (χ1v) is 5.24. The summed E-state index contributed by atoms with van der Waals surface area (Å²) in [5.74, 6) is 2.01. The average molecular weight is 168 g/mol. The molecule has 1 unspecified atom stereocenters. The van der Waals surface area contributed by atoms with Crippen LogP contribution >= 0.6 is 0 Å². The highest BCUT2D eigenvalue weighted by Crippen LogP contribution is 2.35. The van der Waals surface area contributed by atoms with E-state index in [4.69, 9.17) is 0 Å². The van der Waals surface area contributed by atoms with Crippen molar-refractivity contribution in [2.45, 2.75) is 19.3 Å². The van der Waals surface area contributed by atoms with E-state index in [1.54, 1.807) is 0 Å². The quantitative estimate of drug-likeness (QED) is 0.660. The molecule has 2 aliphatic rings. The van der Waals surface area contributed by atoms with Gasteiger partial charge >= 0.3 is 0 Å². The molecule has 1 heterocycles. The van der Waals surface area contributed by atoms with Crippen LogP contribution in [0.25, 0.3) is 0 Å². The molecule has 2 fully saturated rings. The van der Waals surface area contributed by atoms with Gasteiger partial charge in [0.2, 0.25) is 0 Å². The van der Waals surface area contributed by atoms with Crippen LogP contribution in [0.2, 0.25) is 0 Å². The average Bonchev–Trinajstić information content (AvgIpc) is 2.80. The SMILES string of the molecule is CN1CCNCC(CC2CC2)C1. The molecule has 0 aromatic heterocycles. The van der Waals surface area contributed by atoms with Gasteiger partial charge in [0.15, 0.2) is 0 Å². The summed E-state index contributed by atoms with van der Waals surface area (Å²) in [6.07, 6.45) is 4.47. The first-order valence-electron chi connectivity index (χ1n) is 5.24. The molecule has 0 amide bonds. The standard InChI is InChI=1S/C10H20N2/c1-12-5-4-11-7-10(8-12)6-9-2-3-9/h9-11H,2-8H2,1H3. The van der Waals surface area contributed by atoms with Crippen LogP contribution in [0.1, 0.15) is 19.3 Å². The van der Waals surface area contributed by atoms with Crippen molar-refractivity contribution in [2.75, 3.05) is 33.2 Å². The summed E-state index contributed by atoms with van der Waals surface area (Å²) < 4.78 is 0. The van der Waals surface area contributed by atoms with Gasteiger partial charge in [-0.3, -0.25) is 0 Å². The molecule has 2 nitrogen and oxygen atoms in total. The van der Waals surface area contributed by atoms with Crippen LogP contribution in [-0.4, -0.2) is 38.1 Å². The van der Waals surface area contributed by atoms with E-state index in [0.29, 0.717) is 0 Å². The number of nitrogens with zero attached hydrogens (tertiary/aromatic N) is 1. The van der Waals surface area contributed by atoms with Gasteiger partial charge in [-0.2, -0.15) is 0 Å². The molecular formula is C10H20N2. The van der Waals surface area contributed by atoms with Crippen LogP contribution in [0, 0.1) is 11.8 Å². The minimum atomic E-state index is 0.921. The molecule has 70 valence electrons. The first-order chi connectivity index (χ1) is 5.84. The maximum Gasteiger partial charge on any atom is 0.0104 e. The largest absolute Gasteiger partial charge is 0.315 e. The van der Waals surface area contributed by atoms with Crippen molar-refractivity contribution in [3.63, 3.8) is 0 Å². The fourth-order valence-corrected chi connectivity index (χ4v) is 2.16. The van der Waals surface area contributed by atoms with Gasteiger partial charge in [0.1, 0.15) is 0 Å². The lowest BCUT2D eigenvalue weighted by Gasteiger charge is -2.18. The molecular weight excluding hydrogens is 148 g/mol. The fraction of sp³-hybridized carbons (Fsp3) is 1.00. The van der Waals surface area contributed by atoms with Crippen LogP contribution in [0.5, 0.6) is 0 Å². The van der Waals surface area contributed by atoms with Crippen molar-refractivity contribution >= 4 is 0 Å². The van der Waals surface area contributed by atoms with Gasteiger partial charge in [0, 0.05) is 19.6 Å². The molecule has 0 aromatic rings. The second-order valence-electron chi connectivity index (χ2n) is 4.51. The minimum Gasteiger partial charge on any atom is -0.315 e. The summed E-state index contributed by atoms with van der Waals surface area (Å²) in [5, 5.41) is 3.52. The van der Waals surface area contributed by atoms with Gasteiger partial charge in [-0.05, 0) is 31.8 Å². The van der Waals surface area contributed by atoms with Gasteiger partial charge < -0.3 is 10.2 Å². The number of hydrogen-bond donors (Lipinski definition) is 1. The third-order valence-electron chi connectivity index (χ3n) is 3.04. The topological polar surface area (TPSA) is 15.3 Å². The third kappa shape index (κ3) is 2.46. The summed E-state index contributed by atoms with van der Waals surface area (Å²) in [6, 6.07) is 0. The lowest BCUT2D eigenvalue weighted by Crippen LogP contribution is -2.26. The molecule has 2 heteroatoms. The van der Waals surface area contributed by atoms with Crippen LogP contribution in [0.3, 0.4) is 0 Å². The van der Waals surface area contributed by atoms with E-state index in [1.165, 1.54) is 45.4 Å². The molecule has 12 heavy (non-hydrogen) atoms. The predicted molar refractivity (Wildman–Crippen MR) is 51.2 cm³/mol. The second kappa shape index (κ2) is 3.75. The van der Waals surface area contributed by atoms with Crippen molar-refractivity contribution in [2.24, 2.45) is 11.8 Å². The number of hydrogen-bond acceptors (Lipinski definition) is 2. The Kier molecular flexibility index (Phi) is 2.66. The first kappa shape index (κ1) is 8.52. The highest BCUT2D eigenvalue weighted by Gasteiger charge is 2.26. The third-order valence-corrected chi connectivity index (χ3v) is 3.04. The van der Waals surface area contributed by atoms with Crippen LogP contribution < -0.4 is 5.32 Å². The monoisotopic (exact) mass is 168 g/mol. The zero-order chi connectivity index (χ0) is 8.39. The molecule has 1 saturated carbocycles. The van der Waals surface area contributed by atoms with E-state index in [9.17, 15) is 0 Å². The van der Waals surface area contributed by atoms with E-state index in [1.807, 2.05) is 0 Å². The van der Waals surface area contributed by atoms with E-state index in [2.05, 4.69) is 17.3 Å². The Morgan fingerprint density at radius 2 is 2.17 bits per heavy atom. The fourth-order valence-electron chi connectivity index (χ4n) is 2.16. The molecule has 0 spiro atoms. The van der Waals surface area contributed by atoms with Crippen molar-refractivity contribution in [1.82, 2.24) is 10.2 Å². The molecule has 0 radical (unpaired) electrons. The summed E-state index contributed by atoms with van der Waals surface area (Å²) >= 11 is 0. The van der Waals surface area contributed by atoms with Gasteiger partial charge in [0.25, 0.3) is 0 Å². The Morgan fingerprint density at radius 3 is 2.92 bits per heavy atom. The molecule has 1 atom stereocenters. The van der Waals surface area contributed by atoms with Gasteiger partial charge in [-0.15, -0.1) is 0 Å². The lowest BCUT2D eigenvalue weighted by atomic mass is 10.0. The van der Waals surface area contributed by atoms with Crippen LogP contribution in [0.15, 0.2) is 0 Å². The zero-order valence-electron chi connectivity index (χ0n) is 8.05. The Hall–Kier alpha value is -0.0800. The smallest absolute Gasteiger partial charge is 0.0104 e. The van der Waals surface area contributed by atoms with Crippen LogP contribution in [-0.2, 0) is 0 Å². The molecule has 1 N–H and O–H groups in total. The Balaban J connectivity index is 1.77. The van der Waals surface area contributed by atoms with Crippen molar-refractivity contribution in [3.05, 3.63) is 0 Å². The molecule has 0 aromatic carbocycles. The Labute approximate surface area is 75.3 Å². The number of rotatable bonds is 2. The zero-order valence-corrected chi connectivity index (χ0v) is 8.05. The molecule has 1 aliphatic carbocycles. The summed E-state index contributed by atoms with van der Waals surface area (Å²) in [4.78, 5) is 2.47. The Morgan fingerprint density at radius 1 is 1.33 bits per heavy atom. The van der Waals surface area contributed by atoms with Crippen molar-refractivity contribution in [1.29, 1.82) is 0 Å². The molecule has 1 aliphatic heterocycles. The minimum absolute atomic E-state index is 0.921. The summed E-state index contributed by atoms with van der Waals surface area (Å²) in [7, 11) is 2.24. The highest BCUT2D eigenvalue weighted by atomic mass is 15.1. The Bertz CT molecular complexity index is 143. The number of likely N-dealkylation sites (N-methyl/N-ethyl adjacent to an activating group) is 1.